The van der Waals surface area contributed by atoms with Crippen LogP contribution in [0.5, 0.6) is 5.75 Å². The lowest BCUT2D eigenvalue weighted by Crippen LogP contribution is -2.14. The quantitative estimate of drug-likeness (QED) is 0.670. The van der Waals surface area contributed by atoms with Crippen molar-refractivity contribution in [1.82, 2.24) is 4.98 Å². The number of pyridine rings is 1. The molecule has 0 fully saturated rings. The molecular weight excluding hydrogens is 338 g/mol. The molecule has 0 saturated heterocycles. The van der Waals surface area contributed by atoms with E-state index in [9.17, 15) is 4.79 Å². The SMILES string of the molecule is COc1ccc(Nc2cc(C(=O)Nc3c(C)cc(C)cc3C)ccn2)cc1. The van der Waals surface area contributed by atoms with Crippen molar-refractivity contribution in [3.05, 3.63) is 77.0 Å². The topological polar surface area (TPSA) is 63.2 Å². The molecule has 3 rings (SSSR count). The van der Waals surface area contributed by atoms with Gasteiger partial charge in [-0.05, 0) is 68.3 Å². The van der Waals surface area contributed by atoms with Gasteiger partial charge in [0.25, 0.3) is 5.91 Å². The summed E-state index contributed by atoms with van der Waals surface area (Å²) in [5, 5.41) is 6.22. The second-order valence-corrected chi connectivity index (χ2v) is 6.51. The number of nitrogens with one attached hydrogen (secondary N) is 2. The maximum atomic E-state index is 12.7. The molecule has 0 radical (unpaired) electrons. The molecule has 0 aliphatic carbocycles. The van der Waals surface area contributed by atoms with E-state index in [1.165, 1.54) is 5.56 Å². The summed E-state index contributed by atoms with van der Waals surface area (Å²) >= 11 is 0. The zero-order valence-corrected chi connectivity index (χ0v) is 16.0. The van der Waals surface area contributed by atoms with Crippen LogP contribution in [-0.4, -0.2) is 18.0 Å². The number of amides is 1. The summed E-state index contributed by atoms with van der Waals surface area (Å²) in [7, 11) is 1.63. The van der Waals surface area contributed by atoms with E-state index in [1.54, 1.807) is 25.4 Å². The smallest absolute Gasteiger partial charge is 0.255 e. The van der Waals surface area contributed by atoms with Crippen LogP contribution >= 0.6 is 0 Å². The first-order chi connectivity index (χ1) is 13.0. The first-order valence-electron chi connectivity index (χ1n) is 8.72. The van der Waals surface area contributed by atoms with Gasteiger partial charge in [-0.15, -0.1) is 0 Å². The molecule has 3 aromatic rings. The fraction of sp³-hybridized carbons (Fsp3) is 0.182. The van der Waals surface area contributed by atoms with Gasteiger partial charge in [0.2, 0.25) is 0 Å². The molecule has 0 atom stereocenters. The van der Waals surface area contributed by atoms with Gasteiger partial charge < -0.3 is 15.4 Å². The minimum atomic E-state index is -0.162. The van der Waals surface area contributed by atoms with Gasteiger partial charge in [0.1, 0.15) is 11.6 Å². The summed E-state index contributed by atoms with van der Waals surface area (Å²) in [5.74, 6) is 1.22. The number of aryl methyl sites for hydroxylation is 3. The maximum Gasteiger partial charge on any atom is 0.255 e. The standard InChI is InChI=1S/C22H23N3O2/c1-14-11-15(2)21(16(3)12-14)25-22(26)17-9-10-23-20(13-17)24-18-5-7-19(27-4)8-6-18/h5-13H,1-4H3,(H,23,24)(H,25,26). The number of ether oxygens (including phenoxy) is 1. The van der Waals surface area contributed by atoms with Crippen molar-refractivity contribution in [3.63, 3.8) is 0 Å². The fourth-order valence-electron chi connectivity index (χ4n) is 3.03. The first-order valence-corrected chi connectivity index (χ1v) is 8.72. The Morgan fingerprint density at radius 1 is 0.963 bits per heavy atom. The number of methoxy groups -OCH3 is 1. The number of rotatable bonds is 5. The van der Waals surface area contributed by atoms with E-state index in [0.29, 0.717) is 11.4 Å². The molecule has 5 nitrogen and oxygen atoms in total. The number of carbonyl (C=O) groups is 1. The van der Waals surface area contributed by atoms with Crippen LogP contribution in [0.2, 0.25) is 0 Å². The highest BCUT2D eigenvalue weighted by atomic mass is 16.5. The van der Waals surface area contributed by atoms with Crippen LogP contribution in [0.25, 0.3) is 0 Å². The molecule has 1 amide bonds. The third-order valence-corrected chi connectivity index (χ3v) is 4.30. The van der Waals surface area contributed by atoms with Crippen LogP contribution in [0.15, 0.2) is 54.7 Å². The van der Waals surface area contributed by atoms with Crippen LogP contribution in [0, 0.1) is 20.8 Å². The number of aromatic nitrogens is 1. The Bertz CT molecular complexity index is 943. The van der Waals surface area contributed by atoms with Crippen molar-refractivity contribution in [1.29, 1.82) is 0 Å². The van der Waals surface area contributed by atoms with Gasteiger partial charge >= 0.3 is 0 Å². The van der Waals surface area contributed by atoms with E-state index in [0.717, 1.165) is 28.3 Å². The lowest BCUT2D eigenvalue weighted by Gasteiger charge is -2.13. The van der Waals surface area contributed by atoms with Crippen molar-refractivity contribution in [2.75, 3.05) is 17.7 Å². The van der Waals surface area contributed by atoms with Gasteiger partial charge in [0.15, 0.2) is 0 Å². The van der Waals surface area contributed by atoms with Gasteiger partial charge in [0, 0.05) is 23.1 Å². The van der Waals surface area contributed by atoms with E-state index in [-0.39, 0.29) is 5.91 Å². The zero-order chi connectivity index (χ0) is 19.4. The molecule has 1 aromatic heterocycles. The van der Waals surface area contributed by atoms with E-state index < -0.39 is 0 Å². The molecule has 0 aliphatic heterocycles. The van der Waals surface area contributed by atoms with Gasteiger partial charge in [-0.3, -0.25) is 4.79 Å². The van der Waals surface area contributed by atoms with E-state index in [2.05, 4.69) is 27.8 Å². The van der Waals surface area contributed by atoms with Gasteiger partial charge in [0.05, 0.1) is 7.11 Å². The number of anilines is 3. The molecule has 0 saturated carbocycles. The third kappa shape index (κ3) is 4.44. The van der Waals surface area contributed by atoms with Gasteiger partial charge in [-0.1, -0.05) is 17.7 Å². The summed E-state index contributed by atoms with van der Waals surface area (Å²) < 4.78 is 5.16. The molecule has 0 unspecified atom stereocenters. The molecule has 2 N–H and O–H groups in total. The average Bonchev–Trinajstić information content (AvgIpc) is 2.65. The monoisotopic (exact) mass is 361 g/mol. The molecule has 0 aliphatic rings. The Hall–Kier alpha value is -3.34. The largest absolute Gasteiger partial charge is 0.497 e. The number of hydrogen-bond acceptors (Lipinski definition) is 4. The Balaban J connectivity index is 1.77. The molecule has 27 heavy (non-hydrogen) atoms. The van der Waals surface area contributed by atoms with Crippen molar-refractivity contribution >= 4 is 23.1 Å². The van der Waals surface area contributed by atoms with Gasteiger partial charge in [-0.25, -0.2) is 4.98 Å². The Morgan fingerprint density at radius 3 is 2.26 bits per heavy atom. The van der Waals surface area contributed by atoms with Crippen LogP contribution < -0.4 is 15.4 Å². The number of nitrogens with zero attached hydrogens (tertiary/aromatic N) is 1. The predicted octanol–water partition coefficient (Wildman–Crippen LogP) is 5.01. The third-order valence-electron chi connectivity index (χ3n) is 4.30. The summed E-state index contributed by atoms with van der Waals surface area (Å²) in [5.41, 5.74) is 5.54. The second kappa shape index (κ2) is 7.91. The molecule has 1 heterocycles. The molecule has 0 bridgehead atoms. The van der Waals surface area contributed by atoms with Crippen LogP contribution in [0.1, 0.15) is 27.0 Å². The molecule has 0 spiro atoms. The summed E-state index contributed by atoms with van der Waals surface area (Å²) in [4.78, 5) is 17.0. The van der Waals surface area contributed by atoms with Crippen LogP contribution in [-0.2, 0) is 0 Å². The second-order valence-electron chi connectivity index (χ2n) is 6.51. The lowest BCUT2D eigenvalue weighted by atomic mass is 10.0. The Morgan fingerprint density at radius 2 is 1.63 bits per heavy atom. The summed E-state index contributed by atoms with van der Waals surface area (Å²) in [6.45, 7) is 6.04. The highest BCUT2D eigenvalue weighted by Crippen LogP contribution is 2.23. The Labute approximate surface area is 159 Å². The fourth-order valence-corrected chi connectivity index (χ4v) is 3.03. The van der Waals surface area contributed by atoms with Gasteiger partial charge in [-0.2, -0.15) is 0 Å². The average molecular weight is 361 g/mol. The predicted molar refractivity (Wildman–Crippen MR) is 109 cm³/mol. The van der Waals surface area contributed by atoms with Crippen LogP contribution in [0.3, 0.4) is 0 Å². The first kappa shape index (κ1) is 18.5. The van der Waals surface area contributed by atoms with Crippen LogP contribution in [0.4, 0.5) is 17.2 Å². The molecular formula is C22H23N3O2. The van der Waals surface area contributed by atoms with E-state index in [4.69, 9.17) is 4.74 Å². The number of hydrogen-bond donors (Lipinski definition) is 2. The minimum Gasteiger partial charge on any atom is -0.497 e. The van der Waals surface area contributed by atoms with Crippen molar-refractivity contribution in [2.45, 2.75) is 20.8 Å². The van der Waals surface area contributed by atoms with Crippen molar-refractivity contribution < 1.29 is 9.53 Å². The highest BCUT2D eigenvalue weighted by molar-refractivity contribution is 6.05. The summed E-state index contributed by atoms with van der Waals surface area (Å²) in [6.07, 6.45) is 1.62. The Kier molecular flexibility index (Phi) is 5.41. The zero-order valence-electron chi connectivity index (χ0n) is 16.0. The van der Waals surface area contributed by atoms with Crippen molar-refractivity contribution in [3.8, 4) is 5.75 Å². The lowest BCUT2D eigenvalue weighted by molar-refractivity contribution is 0.102. The van der Waals surface area contributed by atoms with Crippen molar-refractivity contribution in [2.24, 2.45) is 0 Å². The number of benzene rings is 2. The normalized spacial score (nSPS) is 10.4. The highest BCUT2D eigenvalue weighted by Gasteiger charge is 2.11. The number of carbonyl (C=O) groups excluding carboxylic acids is 1. The maximum absolute atomic E-state index is 12.7. The van der Waals surface area contributed by atoms with E-state index >= 15 is 0 Å². The molecule has 2 aromatic carbocycles. The molecule has 138 valence electrons. The molecule has 5 heteroatoms. The minimum absolute atomic E-state index is 0.162. The van der Waals surface area contributed by atoms with E-state index in [1.807, 2.05) is 45.0 Å². The summed E-state index contributed by atoms with van der Waals surface area (Å²) in [6, 6.07) is 15.1.